The first-order valence-corrected chi connectivity index (χ1v) is 10.6. The summed E-state index contributed by atoms with van der Waals surface area (Å²) in [6.07, 6.45) is 1.23. The Labute approximate surface area is 186 Å². The van der Waals surface area contributed by atoms with Crippen LogP contribution >= 0.6 is 12.4 Å². The van der Waals surface area contributed by atoms with E-state index in [1.165, 1.54) is 11.3 Å². The summed E-state index contributed by atoms with van der Waals surface area (Å²) < 4.78 is 7.63. The third kappa shape index (κ3) is 5.35. The van der Waals surface area contributed by atoms with Crippen molar-refractivity contribution in [1.29, 1.82) is 0 Å². The molecule has 0 spiro atoms. The van der Waals surface area contributed by atoms with Crippen LogP contribution in [0.4, 0.5) is 0 Å². The van der Waals surface area contributed by atoms with Crippen molar-refractivity contribution in [3.8, 4) is 5.75 Å². The summed E-state index contributed by atoms with van der Waals surface area (Å²) in [6, 6.07) is 7.98. The highest BCUT2D eigenvalue weighted by molar-refractivity contribution is 5.85. The van der Waals surface area contributed by atoms with Crippen LogP contribution in [-0.2, 0) is 17.8 Å². The summed E-state index contributed by atoms with van der Waals surface area (Å²) >= 11 is 0. The number of piperazine rings is 1. The van der Waals surface area contributed by atoms with Crippen molar-refractivity contribution in [3.05, 3.63) is 46.8 Å². The second-order valence-corrected chi connectivity index (χ2v) is 8.27. The van der Waals surface area contributed by atoms with E-state index in [0.29, 0.717) is 18.9 Å². The molecule has 1 aromatic heterocycles. The molecule has 1 aliphatic rings. The molecular weight excluding hydrogens is 400 g/mol. The predicted octanol–water partition coefficient (Wildman–Crippen LogP) is 3.69. The van der Waals surface area contributed by atoms with Crippen molar-refractivity contribution >= 4 is 18.3 Å². The number of benzene rings is 1. The maximum atomic E-state index is 13.2. The van der Waals surface area contributed by atoms with Gasteiger partial charge in [-0.25, -0.2) is 0 Å². The Bertz CT molecular complexity index is 850. The number of carbonyl (C=O) groups is 1. The molecule has 1 unspecified atom stereocenters. The zero-order valence-corrected chi connectivity index (χ0v) is 19.6. The number of methoxy groups -OCH3 is 1. The van der Waals surface area contributed by atoms with Gasteiger partial charge in [0.25, 0.3) is 0 Å². The standard InChI is InChI=1S/C23H34N4O2.ClH/c1-16(2)15-27-18(4)19(17(3)25-27)10-11-23(28)26-13-12-24-14-21(26)20-8-6-7-9-22(20)29-5;/h6-9,16,21,24H,10-15H2,1-5H3;1H. The third-order valence-electron chi connectivity index (χ3n) is 5.72. The zero-order chi connectivity index (χ0) is 21.0. The highest BCUT2D eigenvalue weighted by Crippen LogP contribution is 2.31. The van der Waals surface area contributed by atoms with Gasteiger partial charge in [0.1, 0.15) is 5.75 Å². The van der Waals surface area contributed by atoms with Crippen LogP contribution in [0.15, 0.2) is 24.3 Å². The molecule has 1 saturated heterocycles. The van der Waals surface area contributed by atoms with E-state index in [4.69, 9.17) is 9.84 Å². The van der Waals surface area contributed by atoms with Gasteiger partial charge < -0.3 is 15.0 Å². The molecule has 7 heteroatoms. The Balaban J connectivity index is 0.00000320. The van der Waals surface area contributed by atoms with Gasteiger partial charge in [-0.05, 0) is 37.8 Å². The minimum Gasteiger partial charge on any atom is -0.496 e. The van der Waals surface area contributed by atoms with Crippen LogP contribution < -0.4 is 10.1 Å². The van der Waals surface area contributed by atoms with Gasteiger partial charge in [0, 0.05) is 43.9 Å². The Morgan fingerprint density at radius 2 is 2.03 bits per heavy atom. The fourth-order valence-corrected chi connectivity index (χ4v) is 4.22. The minimum absolute atomic E-state index is 0. The SMILES string of the molecule is COc1ccccc1C1CNCCN1C(=O)CCc1c(C)nn(CC(C)C)c1C.Cl. The molecule has 30 heavy (non-hydrogen) atoms. The highest BCUT2D eigenvalue weighted by atomic mass is 35.5. The van der Waals surface area contributed by atoms with Gasteiger partial charge >= 0.3 is 0 Å². The number of nitrogens with one attached hydrogen (secondary N) is 1. The number of hydrogen-bond donors (Lipinski definition) is 1. The molecule has 6 nitrogen and oxygen atoms in total. The quantitative estimate of drug-likeness (QED) is 0.721. The van der Waals surface area contributed by atoms with Gasteiger partial charge in [-0.2, -0.15) is 5.10 Å². The lowest BCUT2D eigenvalue weighted by molar-refractivity contribution is -0.134. The Morgan fingerprint density at radius 3 is 2.73 bits per heavy atom. The zero-order valence-electron chi connectivity index (χ0n) is 18.8. The molecule has 1 fully saturated rings. The summed E-state index contributed by atoms with van der Waals surface area (Å²) in [5, 5.41) is 8.11. The molecule has 0 aliphatic carbocycles. The number of aryl methyl sites for hydroxylation is 1. The lowest BCUT2D eigenvalue weighted by Gasteiger charge is -2.37. The van der Waals surface area contributed by atoms with Gasteiger partial charge in [-0.15, -0.1) is 12.4 Å². The van der Waals surface area contributed by atoms with Crippen molar-refractivity contribution in [2.45, 2.75) is 53.1 Å². The molecule has 3 rings (SSSR count). The van der Waals surface area contributed by atoms with E-state index in [9.17, 15) is 4.79 Å². The highest BCUT2D eigenvalue weighted by Gasteiger charge is 2.29. The number of ether oxygens (including phenoxy) is 1. The van der Waals surface area contributed by atoms with Crippen LogP contribution in [0.1, 0.15) is 48.8 Å². The molecule has 2 heterocycles. The van der Waals surface area contributed by atoms with Crippen LogP contribution in [0, 0.1) is 19.8 Å². The summed E-state index contributed by atoms with van der Waals surface area (Å²) in [5.41, 5.74) is 4.50. The molecule has 1 aliphatic heterocycles. The average Bonchev–Trinajstić information content (AvgIpc) is 2.98. The monoisotopic (exact) mass is 434 g/mol. The van der Waals surface area contributed by atoms with Crippen LogP contribution in [-0.4, -0.2) is 47.3 Å². The van der Waals surface area contributed by atoms with Crippen molar-refractivity contribution < 1.29 is 9.53 Å². The molecule has 0 saturated carbocycles. The number of rotatable bonds is 7. The Morgan fingerprint density at radius 1 is 1.30 bits per heavy atom. The first-order chi connectivity index (χ1) is 13.9. The molecule has 1 N–H and O–H groups in total. The maximum Gasteiger partial charge on any atom is 0.223 e. The van der Waals surface area contributed by atoms with E-state index >= 15 is 0 Å². The molecule has 1 aromatic carbocycles. The maximum absolute atomic E-state index is 13.2. The van der Waals surface area contributed by atoms with E-state index in [0.717, 1.165) is 43.1 Å². The van der Waals surface area contributed by atoms with Crippen LogP contribution in [0.2, 0.25) is 0 Å². The predicted molar refractivity (Wildman–Crippen MR) is 122 cm³/mol. The largest absolute Gasteiger partial charge is 0.496 e. The first-order valence-electron chi connectivity index (χ1n) is 10.6. The van der Waals surface area contributed by atoms with Gasteiger partial charge in [0.15, 0.2) is 0 Å². The Kier molecular flexibility index (Phi) is 8.74. The van der Waals surface area contributed by atoms with Crippen molar-refractivity contribution in [3.63, 3.8) is 0 Å². The average molecular weight is 435 g/mol. The number of para-hydroxylation sites is 1. The minimum atomic E-state index is -0.00161. The molecule has 0 radical (unpaired) electrons. The lowest BCUT2D eigenvalue weighted by atomic mass is 10.0. The number of amides is 1. The van der Waals surface area contributed by atoms with Crippen LogP contribution in [0.5, 0.6) is 5.75 Å². The van der Waals surface area contributed by atoms with Crippen molar-refractivity contribution in [2.75, 3.05) is 26.7 Å². The van der Waals surface area contributed by atoms with Crippen molar-refractivity contribution in [1.82, 2.24) is 20.0 Å². The normalized spacial score (nSPS) is 16.5. The smallest absolute Gasteiger partial charge is 0.223 e. The number of carbonyl (C=O) groups excluding carboxylic acids is 1. The van der Waals surface area contributed by atoms with Crippen LogP contribution in [0.3, 0.4) is 0 Å². The lowest BCUT2D eigenvalue weighted by Crippen LogP contribution is -2.48. The first kappa shape index (κ1) is 24.2. The van der Waals surface area contributed by atoms with E-state index in [-0.39, 0.29) is 24.4 Å². The van der Waals surface area contributed by atoms with Gasteiger partial charge in [0.05, 0.1) is 18.8 Å². The Hall–Kier alpha value is -2.05. The van der Waals surface area contributed by atoms with Crippen LogP contribution in [0.25, 0.3) is 0 Å². The van der Waals surface area contributed by atoms with E-state index in [2.05, 4.69) is 36.8 Å². The molecule has 0 bridgehead atoms. The summed E-state index contributed by atoms with van der Waals surface area (Å²) in [6.45, 7) is 11.7. The molecule has 1 amide bonds. The fraction of sp³-hybridized carbons (Fsp3) is 0.565. The number of nitrogens with zero attached hydrogens (tertiary/aromatic N) is 3. The van der Waals surface area contributed by atoms with Gasteiger partial charge in [-0.1, -0.05) is 32.0 Å². The number of hydrogen-bond acceptors (Lipinski definition) is 4. The summed E-state index contributed by atoms with van der Waals surface area (Å²) in [4.78, 5) is 15.2. The number of halogens is 1. The summed E-state index contributed by atoms with van der Waals surface area (Å²) in [7, 11) is 1.68. The van der Waals surface area contributed by atoms with E-state index in [1.54, 1.807) is 7.11 Å². The second-order valence-electron chi connectivity index (χ2n) is 8.27. The number of aromatic nitrogens is 2. The molecule has 166 valence electrons. The molecule has 2 aromatic rings. The third-order valence-corrected chi connectivity index (χ3v) is 5.72. The van der Waals surface area contributed by atoms with Gasteiger partial charge in [-0.3, -0.25) is 9.48 Å². The topological polar surface area (TPSA) is 59.4 Å². The van der Waals surface area contributed by atoms with Gasteiger partial charge in [0.2, 0.25) is 5.91 Å². The summed E-state index contributed by atoms with van der Waals surface area (Å²) in [5.74, 6) is 1.57. The van der Waals surface area contributed by atoms with E-state index in [1.807, 2.05) is 30.0 Å². The fourth-order valence-electron chi connectivity index (χ4n) is 4.22. The molecular formula is C23H35ClN4O2. The van der Waals surface area contributed by atoms with E-state index < -0.39 is 0 Å². The second kappa shape index (κ2) is 10.8. The molecule has 1 atom stereocenters. The van der Waals surface area contributed by atoms with Crippen molar-refractivity contribution in [2.24, 2.45) is 5.92 Å².